The molecular weight excluding hydrogens is 192 g/mol. The third-order valence-electron chi connectivity index (χ3n) is 2.34. The number of nitrogens with zero attached hydrogens (tertiary/aromatic N) is 1. The fourth-order valence-electron chi connectivity index (χ4n) is 1.41. The van der Waals surface area contributed by atoms with Gasteiger partial charge < -0.3 is 4.98 Å². The summed E-state index contributed by atoms with van der Waals surface area (Å²) in [7, 11) is 0. The minimum Gasteiger partial charge on any atom is -0.349 e. The highest BCUT2D eigenvalue weighted by atomic mass is 32.1. The van der Waals surface area contributed by atoms with Crippen molar-refractivity contribution in [2.45, 2.75) is 39.5 Å². The summed E-state index contributed by atoms with van der Waals surface area (Å²) in [6, 6.07) is 2.17. The Morgan fingerprint density at radius 3 is 2.43 bits per heavy atom. The predicted molar refractivity (Wildman–Crippen MR) is 62.1 cm³/mol. The van der Waals surface area contributed by atoms with Crippen LogP contribution in [0.5, 0.6) is 0 Å². The van der Waals surface area contributed by atoms with Crippen LogP contribution in [-0.4, -0.2) is 9.97 Å². The maximum absolute atomic E-state index is 4.60. The van der Waals surface area contributed by atoms with Crippen molar-refractivity contribution in [3.8, 4) is 0 Å². The van der Waals surface area contributed by atoms with E-state index in [0.717, 1.165) is 5.52 Å². The topological polar surface area (TPSA) is 28.7 Å². The molecule has 2 aromatic heterocycles. The van der Waals surface area contributed by atoms with E-state index in [-0.39, 0.29) is 0 Å². The van der Waals surface area contributed by atoms with Crippen molar-refractivity contribution < 1.29 is 0 Å². The first kappa shape index (κ1) is 9.71. The molecule has 1 N–H and O–H groups in total. The third kappa shape index (κ3) is 1.57. The van der Waals surface area contributed by atoms with E-state index in [9.17, 15) is 0 Å². The summed E-state index contributed by atoms with van der Waals surface area (Å²) in [6.45, 7) is 8.75. The molecule has 0 aromatic carbocycles. The number of nitrogens with one attached hydrogen (secondary N) is 1. The van der Waals surface area contributed by atoms with Crippen LogP contribution in [0.3, 0.4) is 0 Å². The average molecular weight is 208 g/mol. The van der Waals surface area contributed by atoms with Gasteiger partial charge in [-0.2, -0.15) is 0 Å². The number of aromatic nitrogens is 2. The summed E-state index contributed by atoms with van der Waals surface area (Å²) < 4.78 is 0. The lowest BCUT2D eigenvalue weighted by Gasteiger charge is -1.99. The summed E-state index contributed by atoms with van der Waals surface area (Å²) in [6.07, 6.45) is 0. The molecule has 0 spiro atoms. The molecule has 0 unspecified atom stereocenters. The van der Waals surface area contributed by atoms with Crippen LogP contribution in [0.4, 0.5) is 0 Å². The quantitative estimate of drug-likeness (QED) is 0.797. The summed E-state index contributed by atoms with van der Waals surface area (Å²) in [5.41, 5.74) is 2.41. The van der Waals surface area contributed by atoms with Crippen molar-refractivity contribution in [2.75, 3.05) is 0 Å². The van der Waals surface area contributed by atoms with E-state index in [1.807, 2.05) is 0 Å². The molecule has 2 aromatic rings. The lowest BCUT2D eigenvalue weighted by Crippen LogP contribution is -1.86. The van der Waals surface area contributed by atoms with Gasteiger partial charge in [0.05, 0.1) is 10.5 Å². The molecule has 0 saturated heterocycles. The zero-order valence-corrected chi connectivity index (χ0v) is 9.90. The van der Waals surface area contributed by atoms with Crippen LogP contribution >= 0.6 is 11.3 Å². The van der Waals surface area contributed by atoms with Crippen molar-refractivity contribution >= 4 is 21.7 Å². The van der Waals surface area contributed by atoms with E-state index in [0.29, 0.717) is 11.8 Å². The molecular formula is C11H16N2S. The molecule has 3 heteroatoms. The van der Waals surface area contributed by atoms with Crippen molar-refractivity contribution in [1.29, 1.82) is 0 Å². The molecule has 0 radical (unpaired) electrons. The first-order valence-electron chi connectivity index (χ1n) is 5.07. The molecule has 76 valence electrons. The minimum absolute atomic E-state index is 0.531. The number of H-pyrrole nitrogens is 1. The fraction of sp³-hybridized carbons (Fsp3) is 0.545. The summed E-state index contributed by atoms with van der Waals surface area (Å²) in [4.78, 5) is 9.25. The molecule has 0 amide bonds. The van der Waals surface area contributed by atoms with E-state index in [4.69, 9.17) is 0 Å². The Morgan fingerprint density at radius 1 is 1.21 bits per heavy atom. The van der Waals surface area contributed by atoms with E-state index in [1.54, 1.807) is 11.3 Å². The summed E-state index contributed by atoms with van der Waals surface area (Å²) >= 11 is 1.78. The first-order valence-corrected chi connectivity index (χ1v) is 5.89. The monoisotopic (exact) mass is 208 g/mol. The highest BCUT2D eigenvalue weighted by molar-refractivity contribution is 7.18. The van der Waals surface area contributed by atoms with Crippen LogP contribution in [-0.2, 0) is 0 Å². The van der Waals surface area contributed by atoms with Crippen LogP contribution in [0, 0.1) is 0 Å². The third-order valence-corrected chi connectivity index (χ3v) is 3.62. The number of aromatic amines is 1. The van der Waals surface area contributed by atoms with Gasteiger partial charge in [-0.15, -0.1) is 11.3 Å². The van der Waals surface area contributed by atoms with Gasteiger partial charge in [-0.05, 0) is 12.0 Å². The standard InChI is InChI=1S/C11H16N2S/c1-6(2)8-5-9-11(12-8)14-10(13-9)7(3)4/h5-7,12H,1-4H3. The van der Waals surface area contributed by atoms with Crippen LogP contribution in [0.25, 0.3) is 10.3 Å². The number of rotatable bonds is 2. The van der Waals surface area contributed by atoms with E-state index in [1.165, 1.54) is 15.5 Å². The maximum Gasteiger partial charge on any atom is 0.120 e. The number of hydrogen-bond donors (Lipinski definition) is 1. The van der Waals surface area contributed by atoms with Crippen LogP contribution in [0.15, 0.2) is 6.07 Å². The maximum atomic E-state index is 4.60. The molecule has 0 aliphatic carbocycles. The van der Waals surface area contributed by atoms with Gasteiger partial charge in [-0.3, -0.25) is 0 Å². The predicted octanol–water partition coefficient (Wildman–Crippen LogP) is 3.87. The minimum atomic E-state index is 0.531. The fourth-order valence-corrected chi connectivity index (χ4v) is 2.38. The number of fused-ring (bicyclic) bond motifs is 1. The van der Waals surface area contributed by atoms with Crippen molar-refractivity contribution in [2.24, 2.45) is 0 Å². The van der Waals surface area contributed by atoms with E-state index >= 15 is 0 Å². The highest BCUT2D eigenvalue weighted by Crippen LogP contribution is 2.29. The largest absolute Gasteiger partial charge is 0.349 e. The number of hydrogen-bond acceptors (Lipinski definition) is 2. The van der Waals surface area contributed by atoms with Crippen molar-refractivity contribution in [3.63, 3.8) is 0 Å². The molecule has 2 heterocycles. The van der Waals surface area contributed by atoms with E-state index in [2.05, 4.69) is 43.7 Å². The van der Waals surface area contributed by atoms with E-state index < -0.39 is 0 Å². The Balaban J connectivity index is 2.45. The molecule has 0 fully saturated rings. The lowest BCUT2D eigenvalue weighted by atomic mass is 10.1. The Morgan fingerprint density at radius 2 is 1.93 bits per heavy atom. The van der Waals surface area contributed by atoms with Gasteiger partial charge in [0.1, 0.15) is 4.83 Å². The second-order valence-electron chi connectivity index (χ2n) is 4.30. The van der Waals surface area contributed by atoms with Gasteiger partial charge in [0.2, 0.25) is 0 Å². The van der Waals surface area contributed by atoms with Gasteiger partial charge in [0.25, 0.3) is 0 Å². The average Bonchev–Trinajstić information content (AvgIpc) is 2.57. The van der Waals surface area contributed by atoms with Gasteiger partial charge in [-0.25, -0.2) is 4.98 Å². The Hall–Kier alpha value is -0.830. The van der Waals surface area contributed by atoms with Gasteiger partial charge >= 0.3 is 0 Å². The molecule has 0 aliphatic rings. The van der Waals surface area contributed by atoms with Crippen LogP contribution in [0.1, 0.15) is 50.2 Å². The molecule has 2 nitrogen and oxygen atoms in total. The summed E-state index contributed by atoms with van der Waals surface area (Å²) in [5, 5.41) is 1.22. The smallest absolute Gasteiger partial charge is 0.120 e. The van der Waals surface area contributed by atoms with Crippen LogP contribution in [0.2, 0.25) is 0 Å². The second kappa shape index (κ2) is 3.39. The SMILES string of the molecule is CC(C)c1cc2nc(C(C)C)sc2[nH]1. The Labute approximate surface area is 88.4 Å². The summed E-state index contributed by atoms with van der Waals surface area (Å²) in [5.74, 6) is 1.09. The zero-order valence-electron chi connectivity index (χ0n) is 9.09. The first-order chi connectivity index (χ1) is 6.58. The highest BCUT2D eigenvalue weighted by Gasteiger charge is 2.11. The molecule has 2 rings (SSSR count). The van der Waals surface area contributed by atoms with Gasteiger partial charge in [-0.1, -0.05) is 27.7 Å². The van der Waals surface area contributed by atoms with Gasteiger partial charge in [0, 0.05) is 11.6 Å². The normalized spacial score (nSPS) is 12.1. The zero-order chi connectivity index (χ0) is 10.3. The second-order valence-corrected chi connectivity index (χ2v) is 5.33. The number of thiazole rings is 1. The van der Waals surface area contributed by atoms with Gasteiger partial charge in [0.15, 0.2) is 0 Å². The van der Waals surface area contributed by atoms with Crippen molar-refractivity contribution in [3.05, 3.63) is 16.8 Å². The Kier molecular flexibility index (Phi) is 2.35. The van der Waals surface area contributed by atoms with Crippen molar-refractivity contribution in [1.82, 2.24) is 9.97 Å². The molecule has 0 aliphatic heterocycles. The molecule has 0 saturated carbocycles. The lowest BCUT2D eigenvalue weighted by molar-refractivity contribution is 0.836. The molecule has 0 atom stereocenters. The van der Waals surface area contributed by atoms with Crippen LogP contribution < -0.4 is 0 Å². The molecule has 14 heavy (non-hydrogen) atoms. The molecule has 0 bridgehead atoms. The Bertz CT molecular complexity index is 368.